The van der Waals surface area contributed by atoms with Gasteiger partial charge in [0.2, 0.25) is 0 Å². The number of aromatic nitrogens is 2. The van der Waals surface area contributed by atoms with Crippen LogP contribution in [0.2, 0.25) is 0 Å². The lowest BCUT2D eigenvalue weighted by molar-refractivity contribution is 0.0697. The van der Waals surface area contributed by atoms with E-state index in [4.69, 9.17) is 16.7 Å². The minimum atomic E-state index is -1.06. The van der Waals surface area contributed by atoms with Gasteiger partial charge in [-0.1, -0.05) is 36.4 Å². The summed E-state index contributed by atoms with van der Waals surface area (Å²) in [7, 11) is 0. The topological polar surface area (TPSA) is 90.7 Å². The van der Waals surface area contributed by atoms with Gasteiger partial charge in [-0.05, 0) is 42.0 Å². The number of aromatic carboxylic acids is 1. The minimum absolute atomic E-state index is 0.0976. The molecule has 0 saturated carbocycles. The molecule has 146 valence electrons. The highest BCUT2D eigenvalue weighted by molar-refractivity contribution is 6.65. The molecule has 0 saturated heterocycles. The van der Waals surface area contributed by atoms with Crippen molar-refractivity contribution in [2.45, 2.75) is 6.42 Å². The molecule has 2 aromatic carbocycles. The zero-order valence-corrected chi connectivity index (χ0v) is 16.1. The third kappa shape index (κ3) is 3.72. The Morgan fingerprint density at radius 3 is 2.62 bits per heavy atom. The van der Waals surface area contributed by atoms with Crippen LogP contribution in [-0.4, -0.2) is 32.6 Å². The second-order valence-electron chi connectivity index (χ2n) is 6.59. The predicted octanol–water partition coefficient (Wildman–Crippen LogP) is 1.87. The zero-order chi connectivity index (χ0) is 20.5. The molecule has 2 N–H and O–H groups in total. The largest absolute Gasteiger partial charge is 0.478 e. The number of hydrazone groups is 1. The number of carboxylic acid groups (broad SMARTS) is 1. The number of rotatable bonds is 4. The standard InChI is InChI=1S/C21H17ClN4O3/c1-13-18(11-14-5-7-16(8-6-14)25-10-9-19(22)24-25)20(27)26(23-13)17-4-2-3-15(12-17)21(28)29/h2-8,11-12,23H,1,9-10H2,(H,28,29)/b18-11-. The van der Waals surface area contributed by atoms with Gasteiger partial charge in [-0.15, -0.1) is 0 Å². The summed E-state index contributed by atoms with van der Waals surface area (Å²) in [5, 5.41) is 19.6. The van der Waals surface area contributed by atoms with Gasteiger partial charge in [0.25, 0.3) is 5.56 Å². The summed E-state index contributed by atoms with van der Waals surface area (Å²) < 4.78 is 1.29. The van der Waals surface area contributed by atoms with Gasteiger partial charge >= 0.3 is 5.97 Å². The summed E-state index contributed by atoms with van der Waals surface area (Å²) in [5.41, 5.74) is 1.97. The molecule has 1 aromatic heterocycles. The van der Waals surface area contributed by atoms with E-state index in [1.807, 2.05) is 29.3 Å². The molecule has 0 radical (unpaired) electrons. The highest BCUT2D eigenvalue weighted by Gasteiger charge is 2.14. The molecule has 1 aliphatic heterocycles. The Kier molecular flexibility index (Phi) is 4.82. The van der Waals surface area contributed by atoms with Crippen LogP contribution in [0.25, 0.3) is 18.3 Å². The Hall–Kier alpha value is -3.58. The molecule has 0 aliphatic carbocycles. The van der Waals surface area contributed by atoms with Gasteiger partial charge in [0.1, 0.15) is 5.17 Å². The number of hydrogen-bond donors (Lipinski definition) is 2. The van der Waals surface area contributed by atoms with Crippen LogP contribution in [-0.2, 0) is 0 Å². The average Bonchev–Trinajstić information content (AvgIpc) is 3.27. The molecule has 0 amide bonds. The zero-order valence-electron chi connectivity index (χ0n) is 15.3. The molecule has 0 atom stereocenters. The smallest absolute Gasteiger partial charge is 0.335 e. The molecular weight excluding hydrogens is 392 g/mol. The molecule has 2 heterocycles. The third-order valence-corrected chi connectivity index (χ3v) is 4.88. The Morgan fingerprint density at radius 2 is 1.97 bits per heavy atom. The summed E-state index contributed by atoms with van der Waals surface area (Å²) in [6, 6.07) is 13.7. The van der Waals surface area contributed by atoms with E-state index in [1.165, 1.54) is 16.8 Å². The lowest BCUT2D eigenvalue weighted by Crippen LogP contribution is -2.34. The normalized spacial score (nSPS) is 14.3. The molecular formula is C21H17ClN4O3. The van der Waals surface area contributed by atoms with E-state index < -0.39 is 5.97 Å². The first-order chi connectivity index (χ1) is 13.9. The van der Waals surface area contributed by atoms with Gasteiger partial charge in [0, 0.05) is 13.0 Å². The SMILES string of the molecule is C=c1[nH]n(-c2cccc(C(=O)O)c2)c(=O)/c1=C\c1ccc(N2CCC(Cl)=N2)cc1. The Balaban J connectivity index is 1.70. The van der Waals surface area contributed by atoms with E-state index in [-0.39, 0.29) is 11.1 Å². The summed E-state index contributed by atoms with van der Waals surface area (Å²) in [5.74, 6) is -1.06. The molecule has 1 aliphatic rings. The van der Waals surface area contributed by atoms with Crippen molar-refractivity contribution in [2.24, 2.45) is 5.10 Å². The van der Waals surface area contributed by atoms with Gasteiger partial charge in [-0.2, -0.15) is 5.10 Å². The van der Waals surface area contributed by atoms with E-state index in [1.54, 1.807) is 18.2 Å². The summed E-state index contributed by atoms with van der Waals surface area (Å²) in [6.07, 6.45) is 2.47. The number of nitrogens with one attached hydrogen (secondary N) is 1. The van der Waals surface area contributed by atoms with Gasteiger partial charge in [0.15, 0.2) is 0 Å². The van der Waals surface area contributed by atoms with Crippen molar-refractivity contribution in [1.82, 2.24) is 9.78 Å². The number of anilines is 1. The average molecular weight is 409 g/mol. The van der Waals surface area contributed by atoms with Crippen molar-refractivity contribution in [3.8, 4) is 5.69 Å². The Bertz CT molecular complexity index is 1290. The second kappa shape index (κ2) is 7.44. The van der Waals surface area contributed by atoms with E-state index in [2.05, 4.69) is 16.8 Å². The molecule has 0 fully saturated rings. The van der Waals surface area contributed by atoms with Crippen LogP contribution in [0.5, 0.6) is 0 Å². The fraction of sp³-hybridized carbons (Fsp3) is 0.0952. The first-order valence-corrected chi connectivity index (χ1v) is 9.26. The minimum Gasteiger partial charge on any atom is -0.478 e. The maximum atomic E-state index is 12.9. The number of carboxylic acids is 1. The van der Waals surface area contributed by atoms with Crippen molar-refractivity contribution in [3.63, 3.8) is 0 Å². The van der Waals surface area contributed by atoms with Crippen molar-refractivity contribution >= 4 is 41.1 Å². The fourth-order valence-electron chi connectivity index (χ4n) is 3.13. The number of nitrogens with zero attached hydrogens (tertiary/aromatic N) is 3. The highest BCUT2D eigenvalue weighted by atomic mass is 35.5. The number of H-pyrrole nitrogens is 1. The van der Waals surface area contributed by atoms with Gasteiger partial charge in [-0.3, -0.25) is 14.9 Å². The Labute approximate surface area is 170 Å². The van der Waals surface area contributed by atoms with Crippen LogP contribution >= 0.6 is 11.6 Å². The first-order valence-electron chi connectivity index (χ1n) is 8.88. The lowest BCUT2D eigenvalue weighted by atomic mass is 10.1. The van der Waals surface area contributed by atoms with Crippen molar-refractivity contribution in [1.29, 1.82) is 0 Å². The maximum Gasteiger partial charge on any atom is 0.335 e. The van der Waals surface area contributed by atoms with Crippen LogP contribution in [0, 0.1) is 0 Å². The number of halogens is 1. The number of benzene rings is 2. The highest BCUT2D eigenvalue weighted by Crippen LogP contribution is 2.20. The van der Waals surface area contributed by atoms with E-state index >= 15 is 0 Å². The van der Waals surface area contributed by atoms with E-state index in [0.717, 1.165) is 24.2 Å². The molecule has 0 spiro atoms. The summed E-state index contributed by atoms with van der Waals surface area (Å²) >= 11 is 5.93. The second-order valence-corrected chi connectivity index (χ2v) is 7.02. The monoisotopic (exact) mass is 408 g/mol. The molecule has 3 aromatic rings. The number of carbonyl (C=O) groups is 1. The Morgan fingerprint density at radius 1 is 1.21 bits per heavy atom. The summed E-state index contributed by atoms with van der Waals surface area (Å²) in [4.78, 5) is 24.0. The van der Waals surface area contributed by atoms with Gasteiger partial charge < -0.3 is 5.11 Å². The van der Waals surface area contributed by atoms with Gasteiger partial charge in [0.05, 0.1) is 27.5 Å². The predicted molar refractivity (Wildman–Crippen MR) is 113 cm³/mol. The van der Waals surface area contributed by atoms with E-state index in [9.17, 15) is 9.59 Å². The number of hydrogen-bond acceptors (Lipinski definition) is 4. The van der Waals surface area contributed by atoms with Crippen molar-refractivity contribution in [3.05, 3.63) is 80.6 Å². The molecule has 29 heavy (non-hydrogen) atoms. The fourth-order valence-corrected chi connectivity index (χ4v) is 3.31. The molecule has 7 nitrogen and oxygen atoms in total. The number of aromatic amines is 1. The van der Waals surface area contributed by atoms with Crippen LogP contribution in [0.15, 0.2) is 58.4 Å². The van der Waals surface area contributed by atoms with Crippen LogP contribution in [0.4, 0.5) is 5.69 Å². The van der Waals surface area contributed by atoms with Gasteiger partial charge in [-0.25, -0.2) is 9.48 Å². The van der Waals surface area contributed by atoms with Crippen LogP contribution < -0.4 is 21.1 Å². The van der Waals surface area contributed by atoms with Crippen molar-refractivity contribution in [2.75, 3.05) is 11.6 Å². The molecule has 0 bridgehead atoms. The molecule has 8 heteroatoms. The molecule has 0 unspecified atom stereocenters. The van der Waals surface area contributed by atoms with Crippen LogP contribution in [0.1, 0.15) is 22.3 Å². The lowest BCUT2D eigenvalue weighted by Gasteiger charge is -2.13. The van der Waals surface area contributed by atoms with E-state index in [0.29, 0.717) is 21.4 Å². The van der Waals surface area contributed by atoms with Crippen molar-refractivity contribution < 1.29 is 9.90 Å². The quantitative estimate of drug-likeness (QED) is 0.689. The first kappa shape index (κ1) is 18.8. The van der Waals surface area contributed by atoms with Crippen LogP contribution in [0.3, 0.4) is 0 Å². The molecule has 4 rings (SSSR count). The maximum absolute atomic E-state index is 12.9. The third-order valence-electron chi connectivity index (χ3n) is 4.62. The summed E-state index contributed by atoms with van der Waals surface area (Å²) in [6.45, 7) is 4.64.